The maximum Gasteiger partial charge on any atom is 0.248 e. The number of alkyl halides is 2. The molecule has 1 aromatic heterocycles. The Balaban J connectivity index is 1.87. The minimum atomic E-state index is -2.47. The molecule has 1 atom stereocenters. The summed E-state index contributed by atoms with van der Waals surface area (Å²) in [6.07, 6.45) is 1.78. The third kappa shape index (κ3) is 3.63. The van der Waals surface area contributed by atoms with Crippen LogP contribution in [0.3, 0.4) is 0 Å². The van der Waals surface area contributed by atoms with Crippen LogP contribution >= 0.6 is 22.9 Å². The van der Waals surface area contributed by atoms with Gasteiger partial charge in [0.2, 0.25) is 5.92 Å². The number of halogens is 3. The SMILES string of the molecule is NC(Cc1ccc(Cl)s1)C1CCC(F)(F)CC1. The van der Waals surface area contributed by atoms with Crippen LogP contribution in [0.2, 0.25) is 4.34 Å². The van der Waals surface area contributed by atoms with Gasteiger partial charge in [-0.3, -0.25) is 0 Å². The normalized spacial score (nSPS) is 22.6. The minimum absolute atomic E-state index is 0.0173. The number of hydrogen-bond donors (Lipinski definition) is 1. The van der Waals surface area contributed by atoms with Crippen molar-refractivity contribution in [3.8, 4) is 0 Å². The topological polar surface area (TPSA) is 26.0 Å². The fourth-order valence-corrected chi connectivity index (χ4v) is 3.51. The highest BCUT2D eigenvalue weighted by Crippen LogP contribution is 2.37. The van der Waals surface area contributed by atoms with Gasteiger partial charge in [-0.1, -0.05) is 11.6 Å². The fourth-order valence-electron chi connectivity index (χ4n) is 2.35. The molecule has 96 valence electrons. The Morgan fingerprint density at radius 2 is 2.06 bits per heavy atom. The summed E-state index contributed by atoms with van der Waals surface area (Å²) in [5, 5.41) is 0. The summed E-state index contributed by atoms with van der Waals surface area (Å²) in [5.74, 6) is -2.25. The van der Waals surface area contributed by atoms with Gasteiger partial charge < -0.3 is 5.73 Å². The first-order valence-electron chi connectivity index (χ1n) is 5.84. The van der Waals surface area contributed by atoms with Gasteiger partial charge in [0.25, 0.3) is 0 Å². The summed E-state index contributed by atoms with van der Waals surface area (Å²) in [6, 6.07) is 3.79. The van der Waals surface area contributed by atoms with E-state index >= 15 is 0 Å². The predicted molar refractivity (Wildman–Crippen MR) is 67.9 cm³/mol. The molecule has 1 nitrogen and oxygen atoms in total. The van der Waals surface area contributed by atoms with Crippen LogP contribution < -0.4 is 5.73 Å². The van der Waals surface area contributed by atoms with Crippen molar-refractivity contribution in [3.63, 3.8) is 0 Å². The average Bonchev–Trinajstić information content (AvgIpc) is 2.63. The van der Waals surface area contributed by atoms with Crippen LogP contribution in [0.1, 0.15) is 30.6 Å². The summed E-state index contributed by atoms with van der Waals surface area (Å²) >= 11 is 7.36. The molecule has 0 saturated heterocycles. The lowest BCUT2D eigenvalue weighted by molar-refractivity contribution is -0.0481. The molecule has 1 saturated carbocycles. The quantitative estimate of drug-likeness (QED) is 0.886. The van der Waals surface area contributed by atoms with E-state index in [1.165, 1.54) is 11.3 Å². The molecule has 0 spiro atoms. The minimum Gasteiger partial charge on any atom is -0.327 e. The van der Waals surface area contributed by atoms with E-state index in [1.54, 1.807) is 0 Å². The Bertz CT molecular complexity index is 370. The molecule has 0 amide bonds. The van der Waals surface area contributed by atoms with Crippen LogP contribution in [-0.2, 0) is 6.42 Å². The van der Waals surface area contributed by atoms with E-state index in [9.17, 15) is 8.78 Å². The molecule has 1 unspecified atom stereocenters. The summed E-state index contributed by atoms with van der Waals surface area (Å²) in [5.41, 5.74) is 6.10. The van der Waals surface area contributed by atoms with E-state index in [0.717, 1.165) is 15.6 Å². The van der Waals surface area contributed by atoms with Crippen LogP contribution in [0, 0.1) is 5.92 Å². The van der Waals surface area contributed by atoms with Gasteiger partial charge in [-0.2, -0.15) is 0 Å². The first-order valence-corrected chi connectivity index (χ1v) is 7.03. The van der Waals surface area contributed by atoms with Gasteiger partial charge in [0.15, 0.2) is 0 Å². The second kappa shape index (κ2) is 5.21. The molecule has 1 aliphatic carbocycles. The molecule has 1 heterocycles. The molecule has 5 heteroatoms. The van der Waals surface area contributed by atoms with E-state index < -0.39 is 5.92 Å². The van der Waals surface area contributed by atoms with Gasteiger partial charge in [-0.05, 0) is 37.3 Å². The van der Waals surface area contributed by atoms with Crippen LogP contribution in [0.4, 0.5) is 8.78 Å². The molecule has 2 N–H and O–H groups in total. The van der Waals surface area contributed by atoms with E-state index in [0.29, 0.717) is 12.8 Å². The Kier molecular flexibility index (Phi) is 4.06. The second-order valence-electron chi connectivity index (χ2n) is 4.77. The van der Waals surface area contributed by atoms with E-state index in [4.69, 9.17) is 17.3 Å². The molecule has 2 rings (SSSR count). The highest BCUT2D eigenvalue weighted by molar-refractivity contribution is 7.16. The van der Waals surface area contributed by atoms with Crippen molar-refractivity contribution < 1.29 is 8.78 Å². The lowest BCUT2D eigenvalue weighted by Gasteiger charge is -2.31. The highest BCUT2D eigenvalue weighted by Gasteiger charge is 2.36. The Morgan fingerprint density at radius 1 is 1.41 bits per heavy atom. The van der Waals surface area contributed by atoms with E-state index in [1.807, 2.05) is 12.1 Å². The zero-order chi connectivity index (χ0) is 12.5. The van der Waals surface area contributed by atoms with Crippen LogP contribution in [0.25, 0.3) is 0 Å². The van der Waals surface area contributed by atoms with Crippen molar-refractivity contribution in [1.29, 1.82) is 0 Å². The largest absolute Gasteiger partial charge is 0.327 e. The van der Waals surface area contributed by atoms with Gasteiger partial charge in [-0.15, -0.1) is 11.3 Å². The molecule has 1 aliphatic rings. The van der Waals surface area contributed by atoms with E-state index in [2.05, 4.69) is 0 Å². The number of hydrogen-bond acceptors (Lipinski definition) is 2. The van der Waals surface area contributed by atoms with Gasteiger partial charge in [0.05, 0.1) is 4.34 Å². The Morgan fingerprint density at radius 3 is 2.59 bits per heavy atom. The van der Waals surface area contributed by atoms with Crippen molar-refractivity contribution in [3.05, 3.63) is 21.3 Å². The molecule has 17 heavy (non-hydrogen) atoms. The van der Waals surface area contributed by atoms with Crippen molar-refractivity contribution in [2.75, 3.05) is 0 Å². The van der Waals surface area contributed by atoms with Crippen LogP contribution in [-0.4, -0.2) is 12.0 Å². The summed E-state index contributed by atoms with van der Waals surface area (Å²) in [4.78, 5) is 1.14. The van der Waals surface area contributed by atoms with Crippen molar-refractivity contribution in [2.45, 2.75) is 44.1 Å². The first-order chi connectivity index (χ1) is 7.96. The third-order valence-electron chi connectivity index (χ3n) is 3.43. The van der Waals surface area contributed by atoms with Crippen molar-refractivity contribution in [1.82, 2.24) is 0 Å². The predicted octanol–water partition coefficient (Wildman–Crippen LogP) is 4.10. The average molecular weight is 280 g/mol. The first kappa shape index (κ1) is 13.2. The fraction of sp³-hybridized carbons (Fsp3) is 0.667. The van der Waals surface area contributed by atoms with Crippen molar-refractivity contribution in [2.24, 2.45) is 11.7 Å². The summed E-state index contributed by atoms with van der Waals surface area (Å²) in [6.45, 7) is 0. The number of thiophene rings is 1. The number of rotatable bonds is 3. The maximum atomic E-state index is 13.0. The summed E-state index contributed by atoms with van der Waals surface area (Å²) < 4.78 is 26.8. The van der Waals surface area contributed by atoms with Gasteiger partial charge in [-0.25, -0.2) is 8.78 Å². The van der Waals surface area contributed by atoms with E-state index in [-0.39, 0.29) is 24.8 Å². The van der Waals surface area contributed by atoms with Crippen molar-refractivity contribution >= 4 is 22.9 Å². The van der Waals surface area contributed by atoms with Gasteiger partial charge >= 0.3 is 0 Å². The smallest absolute Gasteiger partial charge is 0.248 e. The molecule has 1 fully saturated rings. The second-order valence-corrected chi connectivity index (χ2v) is 6.57. The molecular formula is C12H16ClF2NS. The lowest BCUT2D eigenvalue weighted by Crippen LogP contribution is -2.37. The number of nitrogens with two attached hydrogens (primary N) is 1. The van der Waals surface area contributed by atoms with Gasteiger partial charge in [0.1, 0.15) is 0 Å². The molecule has 0 radical (unpaired) electrons. The Hall–Kier alpha value is -0.190. The molecule has 0 aliphatic heterocycles. The zero-order valence-electron chi connectivity index (χ0n) is 9.46. The molecular weight excluding hydrogens is 264 g/mol. The van der Waals surface area contributed by atoms with Crippen LogP contribution in [0.5, 0.6) is 0 Å². The zero-order valence-corrected chi connectivity index (χ0v) is 11.0. The highest BCUT2D eigenvalue weighted by atomic mass is 35.5. The lowest BCUT2D eigenvalue weighted by atomic mass is 9.81. The molecule has 1 aromatic rings. The third-order valence-corrected chi connectivity index (χ3v) is 4.69. The standard InChI is InChI=1S/C12H16ClF2NS/c13-11-2-1-9(17-11)7-10(16)8-3-5-12(14,15)6-4-8/h1-2,8,10H,3-7,16H2. The monoisotopic (exact) mass is 279 g/mol. The molecule has 0 aromatic carbocycles. The Labute approximate surface area is 109 Å². The van der Waals surface area contributed by atoms with Gasteiger partial charge in [0, 0.05) is 23.8 Å². The maximum absolute atomic E-state index is 13.0. The molecule has 0 bridgehead atoms. The summed E-state index contributed by atoms with van der Waals surface area (Å²) in [7, 11) is 0. The van der Waals surface area contributed by atoms with Crippen LogP contribution in [0.15, 0.2) is 12.1 Å².